The second kappa shape index (κ2) is 8.67. The van der Waals surface area contributed by atoms with Crippen molar-refractivity contribution in [2.45, 2.75) is 13.0 Å². The van der Waals surface area contributed by atoms with Crippen LogP contribution in [0, 0.1) is 0 Å². The van der Waals surface area contributed by atoms with Crippen LogP contribution < -0.4 is 9.47 Å². The number of likely N-dealkylation sites (N-methyl/N-ethyl adjacent to an activating group) is 1. The predicted molar refractivity (Wildman–Crippen MR) is 105 cm³/mol. The average Bonchev–Trinajstić information content (AvgIpc) is 3.39. The number of ether oxygens (including phenoxy) is 2. The number of piperazine rings is 1. The highest BCUT2D eigenvalue weighted by Gasteiger charge is 2.21. The molecule has 28 heavy (non-hydrogen) atoms. The lowest BCUT2D eigenvalue weighted by molar-refractivity contribution is 0.0697. The molecule has 4 rings (SSSR count). The Bertz CT molecular complexity index is 785. The quantitative estimate of drug-likeness (QED) is 0.729. The standard InChI is InChI=1S/C21H27N3O4/c1-22-9-11-23(12-10-22)7-3-8-24(21(25)19-4-2-13-26-19)15-17-5-6-18-20(14-17)28-16-27-18/h2,4-6,13-14H,3,7-12,15-16H2,1H3. The van der Waals surface area contributed by atoms with Crippen LogP contribution in [0.4, 0.5) is 0 Å². The Hall–Kier alpha value is -2.51. The van der Waals surface area contributed by atoms with Crippen LogP contribution in [0.15, 0.2) is 41.0 Å². The molecule has 0 unspecified atom stereocenters. The van der Waals surface area contributed by atoms with Crippen molar-refractivity contribution in [3.63, 3.8) is 0 Å². The maximum Gasteiger partial charge on any atom is 0.289 e. The summed E-state index contributed by atoms with van der Waals surface area (Å²) in [6.07, 6.45) is 2.47. The summed E-state index contributed by atoms with van der Waals surface area (Å²) < 4.78 is 16.2. The van der Waals surface area contributed by atoms with Crippen LogP contribution in [0.5, 0.6) is 11.5 Å². The van der Waals surface area contributed by atoms with Gasteiger partial charge in [0, 0.05) is 39.3 Å². The fourth-order valence-electron chi connectivity index (χ4n) is 3.62. The molecule has 0 spiro atoms. The Balaban J connectivity index is 1.39. The predicted octanol–water partition coefficient (Wildman–Crippen LogP) is 2.29. The number of hydrogen-bond donors (Lipinski definition) is 0. The van der Waals surface area contributed by atoms with E-state index in [1.54, 1.807) is 12.1 Å². The van der Waals surface area contributed by atoms with E-state index < -0.39 is 0 Å². The van der Waals surface area contributed by atoms with Crippen molar-refractivity contribution in [3.05, 3.63) is 47.9 Å². The van der Waals surface area contributed by atoms with Gasteiger partial charge >= 0.3 is 0 Å². The van der Waals surface area contributed by atoms with Gasteiger partial charge in [-0.15, -0.1) is 0 Å². The summed E-state index contributed by atoms with van der Waals surface area (Å²) in [6.45, 7) is 6.82. The molecule has 7 nitrogen and oxygen atoms in total. The smallest absolute Gasteiger partial charge is 0.289 e. The number of nitrogens with zero attached hydrogens (tertiary/aromatic N) is 3. The molecule has 2 aliphatic heterocycles. The Morgan fingerprint density at radius 3 is 2.71 bits per heavy atom. The van der Waals surface area contributed by atoms with Crippen LogP contribution in [0.2, 0.25) is 0 Å². The van der Waals surface area contributed by atoms with E-state index in [9.17, 15) is 4.79 Å². The van der Waals surface area contributed by atoms with E-state index in [-0.39, 0.29) is 12.7 Å². The fraction of sp³-hybridized carbons (Fsp3) is 0.476. The van der Waals surface area contributed by atoms with Crippen molar-refractivity contribution in [2.24, 2.45) is 0 Å². The van der Waals surface area contributed by atoms with E-state index in [4.69, 9.17) is 13.9 Å². The first-order valence-corrected chi connectivity index (χ1v) is 9.81. The zero-order valence-electron chi connectivity index (χ0n) is 16.3. The van der Waals surface area contributed by atoms with E-state index >= 15 is 0 Å². The largest absolute Gasteiger partial charge is 0.459 e. The minimum absolute atomic E-state index is 0.0824. The fourth-order valence-corrected chi connectivity index (χ4v) is 3.62. The first-order valence-electron chi connectivity index (χ1n) is 9.81. The summed E-state index contributed by atoms with van der Waals surface area (Å²) in [5.74, 6) is 1.78. The number of rotatable bonds is 7. The van der Waals surface area contributed by atoms with Gasteiger partial charge in [0.2, 0.25) is 6.79 Å². The van der Waals surface area contributed by atoms with Gasteiger partial charge in [-0.3, -0.25) is 4.79 Å². The molecule has 1 amide bonds. The first kappa shape index (κ1) is 18.8. The topological polar surface area (TPSA) is 58.4 Å². The van der Waals surface area contributed by atoms with Crippen molar-refractivity contribution in [1.82, 2.24) is 14.7 Å². The maximum absolute atomic E-state index is 12.9. The Labute approximate surface area is 165 Å². The van der Waals surface area contributed by atoms with Crippen LogP contribution >= 0.6 is 0 Å². The highest BCUT2D eigenvalue weighted by atomic mass is 16.7. The monoisotopic (exact) mass is 385 g/mol. The lowest BCUT2D eigenvalue weighted by atomic mass is 10.1. The lowest BCUT2D eigenvalue weighted by Crippen LogP contribution is -2.45. The number of hydrogen-bond acceptors (Lipinski definition) is 6. The SMILES string of the molecule is CN1CCN(CCCN(Cc2ccc3c(c2)OCO3)C(=O)c2ccco2)CC1. The second-order valence-corrected chi connectivity index (χ2v) is 7.39. The van der Waals surface area contributed by atoms with E-state index in [1.807, 2.05) is 23.1 Å². The summed E-state index contributed by atoms with van der Waals surface area (Å²) >= 11 is 0. The van der Waals surface area contributed by atoms with Gasteiger partial charge in [-0.1, -0.05) is 6.07 Å². The number of amides is 1. The summed E-state index contributed by atoms with van der Waals surface area (Å²) in [6, 6.07) is 9.30. The first-order chi connectivity index (χ1) is 13.7. The number of benzene rings is 1. The summed E-state index contributed by atoms with van der Waals surface area (Å²) in [5.41, 5.74) is 1.02. The van der Waals surface area contributed by atoms with E-state index in [0.717, 1.165) is 56.2 Å². The minimum Gasteiger partial charge on any atom is -0.459 e. The molecule has 0 N–H and O–H groups in total. The Morgan fingerprint density at radius 2 is 1.93 bits per heavy atom. The second-order valence-electron chi connectivity index (χ2n) is 7.39. The van der Waals surface area contributed by atoms with Gasteiger partial charge in [0.1, 0.15) is 0 Å². The molecule has 0 saturated carbocycles. The average molecular weight is 385 g/mol. The molecule has 0 radical (unpaired) electrons. The molecule has 1 aromatic heterocycles. The molecule has 7 heteroatoms. The third-order valence-corrected chi connectivity index (χ3v) is 5.33. The molecule has 1 fully saturated rings. The zero-order valence-corrected chi connectivity index (χ0v) is 16.3. The molecule has 0 bridgehead atoms. The summed E-state index contributed by atoms with van der Waals surface area (Å²) in [7, 11) is 2.16. The molecule has 2 aromatic rings. The van der Waals surface area contributed by atoms with Crippen molar-refractivity contribution in [3.8, 4) is 11.5 Å². The highest BCUT2D eigenvalue weighted by Crippen LogP contribution is 2.33. The molecule has 0 aliphatic carbocycles. The van der Waals surface area contributed by atoms with Crippen LogP contribution in [0.1, 0.15) is 22.5 Å². The van der Waals surface area contributed by atoms with E-state index in [0.29, 0.717) is 18.8 Å². The van der Waals surface area contributed by atoms with E-state index in [2.05, 4.69) is 16.8 Å². The van der Waals surface area contributed by atoms with Gasteiger partial charge in [0.05, 0.1) is 6.26 Å². The molecule has 1 saturated heterocycles. The van der Waals surface area contributed by atoms with Gasteiger partial charge in [-0.25, -0.2) is 0 Å². The molecular weight excluding hydrogens is 358 g/mol. The number of fused-ring (bicyclic) bond motifs is 1. The molecule has 3 heterocycles. The van der Waals surface area contributed by atoms with Gasteiger partial charge in [-0.05, 0) is 49.8 Å². The summed E-state index contributed by atoms with van der Waals surface area (Å²) in [5, 5.41) is 0. The van der Waals surface area contributed by atoms with Crippen LogP contribution in [-0.2, 0) is 6.54 Å². The minimum atomic E-state index is -0.0824. The number of furan rings is 1. The van der Waals surface area contributed by atoms with Gasteiger partial charge in [0.15, 0.2) is 17.3 Å². The van der Waals surface area contributed by atoms with E-state index in [1.165, 1.54) is 6.26 Å². The third kappa shape index (κ3) is 4.48. The lowest BCUT2D eigenvalue weighted by Gasteiger charge is -2.33. The van der Waals surface area contributed by atoms with Crippen LogP contribution in [0.3, 0.4) is 0 Å². The van der Waals surface area contributed by atoms with Crippen LogP contribution in [0.25, 0.3) is 0 Å². The van der Waals surface area contributed by atoms with Crippen LogP contribution in [-0.4, -0.2) is 73.7 Å². The van der Waals surface area contributed by atoms with Crippen molar-refractivity contribution in [2.75, 3.05) is 53.1 Å². The maximum atomic E-state index is 12.9. The normalized spacial score (nSPS) is 17.0. The molecule has 0 atom stereocenters. The molecule has 2 aliphatic rings. The van der Waals surface area contributed by atoms with Crippen molar-refractivity contribution < 1.29 is 18.7 Å². The molecule has 1 aromatic carbocycles. The molecule has 150 valence electrons. The van der Waals surface area contributed by atoms with Crippen molar-refractivity contribution in [1.29, 1.82) is 0 Å². The highest BCUT2D eigenvalue weighted by molar-refractivity contribution is 5.91. The Morgan fingerprint density at radius 1 is 1.11 bits per heavy atom. The Kier molecular flexibility index (Phi) is 5.83. The van der Waals surface area contributed by atoms with Gasteiger partial charge in [-0.2, -0.15) is 0 Å². The number of carbonyl (C=O) groups excluding carboxylic acids is 1. The molecular formula is C21H27N3O4. The van der Waals surface area contributed by atoms with Gasteiger partial charge < -0.3 is 28.6 Å². The van der Waals surface area contributed by atoms with Gasteiger partial charge in [0.25, 0.3) is 5.91 Å². The summed E-state index contributed by atoms with van der Waals surface area (Å²) in [4.78, 5) is 19.6. The zero-order chi connectivity index (χ0) is 19.3. The number of carbonyl (C=O) groups is 1. The third-order valence-electron chi connectivity index (χ3n) is 5.33. The van der Waals surface area contributed by atoms with Crippen molar-refractivity contribution >= 4 is 5.91 Å².